The Bertz CT molecular complexity index is 611. The third kappa shape index (κ3) is 4.94. The van der Waals surface area contributed by atoms with E-state index in [1.807, 2.05) is 18.7 Å². The summed E-state index contributed by atoms with van der Waals surface area (Å²) in [6.07, 6.45) is 7.21. The number of hydrogen-bond donors (Lipinski definition) is 0. The summed E-state index contributed by atoms with van der Waals surface area (Å²) in [5, 5.41) is 0. The number of para-hydroxylation sites is 1. The van der Waals surface area contributed by atoms with Crippen LogP contribution in [0.2, 0.25) is 0 Å². The summed E-state index contributed by atoms with van der Waals surface area (Å²) in [6.45, 7) is 1.01. The molecule has 1 aliphatic carbocycles. The van der Waals surface area contributed by atoms with Gasteiger partial charge < -0.3 is 14.4 Å². The molecule has 1 aromatic carbocycles. The molecular weight excluding hydrogens is 328 g/mol. The maximum Gasteiger partial charge on any atom is 0.387 e. The number of benzene rings is 1. The Hall–Kier alpha value is -2.11. The molecule has 0 saturated heterocycles. The Morgan fingerprint density at radius 2 is 1.96 bits per heavy atom. The van der Waals surface area contributed by atoms with E-state index in [0.717, 1.165) is 25.7 Å². The van der Waals surface area contributed by atoms with Crippen LogP contribution in [0.25, 0.3) is 6.08 Å². The summed E-state index contributed by atoms with van der Waals surface area (Å²) in [5.74, 6) is 0.0140. The van der Waals surface area contributed by atoms with Gasteiger partial charge in [0.15, 0.2) is 11.5 Å². The number of hydrogen-bond acceptors (Lipinski definition) is 3. The first kappa shape index (κ1) is 19.2. The molecule has 25 heavy (non-hydrogen) atoms. The van der Waals surface area contributed by atoms with Crippen LogP contribution >= 0.6 is 0 Å². The summed E-state index contributed by atoms with van der Waals surface area (Å²) >= 11 is 0. The smallest absolute Gasteiger partial charge is 0.387 e. The predicted molar refractivity (Wildman–Crippen MR) is 92.9 cm³/mol. The van der Waals surface area contributed by atoms with Gasteiger partial charge in [-0.3, -0.25) is 4.79 Å². The first-order chi connectivity index (χ1) is 11.9. The molecule has 0 unspecified atom stereocenters. The second-order valence-electron chi connectivity index (χ2n) is 6.37. The predicted octanol–water partition coefficient (Wildman–Crippen LogP) is 4.49. The molecule has 0 bridgehead atoms. The van der Waals surface area contributed by atoms with Crippen LogP contribution < -0.4 is 9.47 Å². The molecule has 0 atom stereocenters. The molecule has 6 heteroatoms. The highest BCUT2D eigenvalue weighted by Crippen LogP contribution is 2.33. The van der Waals surface area contributed by atoms with Gasteiger partial charge in [-0.25, -0.2) is 0 Å². The monoisotopic (exact) mass is 353 g/mol. The van der Waals surface area contributed by atoms with Crippen molar-refractivity contribution in [2.45, 2.75) is 58.2 Å². The lowest BCUT2D eigenvalue weighted by molar-refractivity contribution is -0.130. The molecule has 1 fully saturated rings. The molecule has 0 spiro atoms. The van der Waals surface area contributed by atoms with Gasteiger partial charge in [-0.1, -0.05) is 25.0 Å². The van der Waals surface area contributed by atoms with E-state index in [9.17, 15) is 13.6 Å². The van der Waals surface area contributed by atoms with Crippen LogP contribution in [0.4, 0.5) is 8.78 Å². The lowest BCUT2D eigenvalue weighted by atomic mass is 10.1. The second kappa shape index (κ2) is 8.83. The first-order valence-electron chi connectivity index (χ1n) is 8.56. The molecule has 0 heterocycles. The lowest BCUT2D eigenvalue weighted by Gasteiger charge is -2.31. The summed E-state index contributed by atoms with van der Waals surface area (Å²) < 4.78 is 35.0. The van der Waals surface area contributed by atoms with Crippen LogP contribution in [0.15, 0.2) is 24.3 Å². The minimum atomic E-state index is -2.97. The van der Waals surface area contributed by atoms with Crippen molar-refractivity contribution >= 4 is 12.0 Å². The summed E-state index contributed by atoms with van der Waals surface area (Å²) in [6, 6.07) is 5.15. The van der Waals surface area contributed by atoms with E-state index in [4.69, 9.17) is 4.74 Å². The number of alkyl halides is 2. The van der Waals surface area contributed by atoms with Gasteiger partial charge in [-0.15, -0.1) is 0 Å². The van der Waals surface area contributed by atoms with Gasteiger partial charge in [0.1, 0.15) is 0 Å². The highest BCUT2D eigenvalue weighted by Gasteiger charge is 2.27. The highest BCUT2D eigenvalue weighted by atomic mass is 19.3. The van der Waals surface area contributed by atoms with Crippen LogP contribution in [-0.2, 0) is 4.79 Å². The standard InChI is InChI=1S/C19H25F2NO3/c1-13(2)22(15-8-4-5-9-15)17(23)12-11-14-7-6-10-16(24-3)18(14)25-19(20)21/h6-7,10-13,15,19H,4-5,8-9H2,1-3H3/b12-11+. The number of nitrogens with zero attached hydrogens (tertiary/aromatic N) is 1. The van der Waals surface area contributed by atoms with Gasteiger partial charge in [0.2, 0.25) is 5.91 Å². The van der Waals surface area contributed by atoms with Crippen LogP contribution in [0.5, 0.6) is 11.5 Å². The number of halogens is 2. The van der Waals surface area contributed by atoms with Crippen molar-refractivity contribution in [2.75, 3.05) is 7.11 Å². The average molecular weight is 353 g/mol. The van der Waals surface area contributed by atoms with E-state index in [1.54, 1.807) is 12.1 Å². The molecule has 1 aliphatic rings. The van der Waals surface area contributed by atoms with Crippen LogP contribution in [0.1, 0.15) is 45.1 Å². The molecule has 0 aromatic heterocycles. The number of amides is 1. The number of carbonyl (C=O) groups excluding carboxylic acids is 1. The Morgan fingerprint density at radius 3 is 2.52 bits per heavy atom. The van der Waals surface area contributed by atoms with E-state index < -0.39 is 6.61 Å². The highest BCUT2D eigenvalue weighted by molar-refractivity contribution is 5.92. The fourth-order valence-corrected chi connectivity index (χ4v) is 3.33. The zero-order valence-electron chi connectivity index (χ0n) is 14.9. The van der Waals surface area contributed by atoms with E-state index in [0.29, 0.717) is 5.56 Å². The van der Waals surface area contributed by atoms with E-state index in [2.05, 4.69) is 4.74 Å². The molecule has 138 valence electrons. The summed E-state index contributed by atoms with van der Waals surface area (Å²) in [7, 11) is 1.38. The lowest BCUT2D eigenvalue weighted by Crippen LogP contribution is -2.42. The molecule has 0 aliphatic heterocycles. The normalized spacial score (nSPS) is 15.3. The Morgan fingerprint density at radius 1 is 1.28 bits per heavy atom. The van der Waals surface area contributed by atoms with Crippen molar-refractivity contribution in [1.29, 1.82) is 0 Å². The van der Waals surface area contributed by atoms with E-state index >= 15 is 0 Å². The Kier molecular flexibility index (Phi) is 6.79. The fourth-order valence-electron chi connectivity index (χ4n) is 3.33. The largest absolute Gasteiger partial charge is 0.493 e. The molecule has 0 radical (unpaired) electrons. The number of ether oxygens (including phenoxy) is 2. The zero-order valence-corrected chi connectivity index (χ0v) is 14.9. The molecule has 1 saturated carbocycles. The van der Waals surface area contributed by atoms with Crippen molar-refractivity contribution < 1.29 is 23.0 Å². The molecule has 1 aromatic rings. The molecule has 1 amide bonds. The van der Waals surface area contributed by atoms with Crippen LogP contribution in [0.3, 0.4) is 0 Å². The fraction of sp³-hybridized carbons (Fsp3) is 0.526. The Balaban J connectivity index is 2.23. The van der Waals surface area contributed by atoms with Crippen molar-refractivity contribution in [2.24, 2.45) is 0 Å². The van der Waals surface area contributed by atoms with Crippen molar-refractivity contribution in [3.05, 3.63) is 29.8 Å². The molecular formula is C19H25F2NO3. The van der Waals surface area contributed by atoms with Gasteiger partial charge in [0.25, 0.3) is 0 Å². The minimum absolute atomic E-state index is 0.0685. The number of carbonyl (C=O) groups is 1. The summed E-state index contributed by atoms with van der Waals surface area (Å²) in [5.41, 5.74) is 0.378. The first-order valence-corrected chi connectivity index (χ1v) is 8.56. The Labute approximate surface area is 147 Å². The SMILES string of the molecule is COc1cccc(/C=C/C(=O)N(C(C)C)C2CCCC2)c1OC(F)F. The van der Waals surface area contributed by atoms with Crippen LogP contribution in [0, 0.1) is 0 Å². The van der Waals surface area contributed by atoms with Gasteiger partial charge in [-0.05, 0) is 38.8 Å². The molecule has 4 nitrogen and oxygen atoms in total. The van der Waals surface area contributed by atoms with Gasteiger partial charge in [0.05, 0.1) is 7.11 Å². The minimum Gasteiger partial charge on any atom is -0.493 e. The van der Waals surface area contributed by atoms with Crippen molar-refractivity contribution in [1.82, 2.24) is 4.90 Å². The zero-order chi connectivity index (χ0) is 18.4. The van der Waals surface area contributed by atoms with E-state index in [-0.39, 0.29) is 29.5 Å². The average Bonchev–Trinajstić information content (AvgIpc) is 3.07. The van der Waals surface area contributed by atoms with Gasteiger partial charge >= 0.3 is 6.61 Å². The third-order valence-corrected chi connectivity index (χ3v) is 4.37. The van der Waals surface area contributed by atoms with Gasteiger partial charge in [-0.2, -0.15) is 8.78 Å². The molecule has 2 rings (SSSR count). The third-order valence-electron chi connectivity index (χ3n) is 4.37. The maximum absolute atomic E-state index is 12.7. The maximum atomic E-state index is 12.7. The van der Waals surface area contributed by atoms with Crippen LogP contribution in [-0.4, -0.2) is 36.6 Å². The topological polar surface area (TPSA) is 38.8 Å². The number of methoxy groups -OCH3 is 1. The van der Waals surface area contributed by atoms with Crippen molar-refractivity contribution in [3.8, 4) is 11.5 Å². The molecule has 0 N–H and O–H groups in total. The van der Waals surface area contributed by atoms with E-state index in [1.165, 1.54) is 25.3 Å². The second-order valence-corrected chi connectivity index (χ2v) is 6.37. The quantitative estimate of drug-likeness (QED) is 0.678. The number of rotatable bonds is 7. The van der Waals surface area contributed by atoms with Gasteiger partial charge in [0, 0.05) is 23.7 Å². The summed E-state index contributed by atoms with van der Waals surface area (Å²) in [4.78, 5) is 14.5. The van der Waals surface area contributed by atoms with Crippen molar-refractivity contribution in [3.63, 3.8) is 0 Å².